The molecule has 0 fully saturated rings. The Morgan fingerprint density at radius 1 is 1.19 bits per heavy atom. The maximum absolute atomic E-state index is 12.3. The van der Waals surface area contributed by atoms with Gasteiger partial charge in [0.2, 0.25) is 11.8 Å². The Kier molecular flexibility index (Phi) is 8.23. The highest BCUT2D eigenvalue weighted by Crippen LogP contribution is 2.21. The molecule has 148 valence electrons. The summed E-state index contributed by atoms with van der Waals surface area (Å²) < 4.78 is 1.96. The molecule has 6 heteroatoms. The van der Waals surface area contributed by atoms with Gasteiger partial charge in [-0.25, -0.2) is 0 Å². The predicted octanol–water partition coefficient (Wildman–Crippen LogP) is 4.23. The fourth-order valence-electron chi connectivity index (χ4n) is 2.92. The third kappa shape index (κ3) is 6.31. The normalized spacial score (nSPS) is 11.1. The number of thioether (sulfide) groups is 1. The lowest BCUT2D eigenvalue weighted by atomic mass is 10.2. The summed E-state index contributed by atoms with van der Waals surface area (Å²) in [5.41, 5.74) is 1.80. The van der Waals surface area contributed by atoms with Crippen molar-refractivity contribution in [3.8, 4) is 0 Å². The van der Waals surface area contributed by atoms with Gasteiger partial charge in [-0.05, 0) is 56.2 Å². The number of fused-ring (bicyclic) bond motifs is 1. The molecule has 1 aromatic heterocycles. The van der Waals surface area contributed by atoms with E-state index < -0.39 is 0 Å². The van der Waals surface area contributed by atoms with Crippen LogP contribution in [0, 0.1) is 5.92 Å². The molecule has 0 aliphatic rings. The number of hydrogen-bond acceptors (Lipinski definition) is 3. The molecule has 0 spiro atoms. The van der Waals surface area contributed by atoms with Crippen molar-refractivity contribution in [1.82, 2.24) is 9.47 Å². The van der Waals surface area contributed by atoms with Crippen molar-refractivity contribution >= 4 is 40.2 Å². The van der Waals surface area contributed by atoms with Crippen LogP contribution in [0.3, 0.4) is 0 Å². The summed E-state index contributed by atoms with van der Waals surface area (Å²) in [5.74, 6) is 2.30. The van der Waals surface area contributed by atoms with Gasteiger partial charge in [-0.15, -0.1) is 0 Å². The average Bonchev–Trinajstić information content (AvgIpc) is 3.01. The maximum Gasteiger partial charge on any atom is 0.242 e. The van der Waals surface area contributed by atoms with E-state index in [1.165, 1.54) is 0 Å². The summed E-state index contributed by atoms with van der Waals surface area (Å²) in [6, 6.07) is 7.81. The summed E-state index contributed by atoms with van der Waals surface area (Å²) in [6.07, 6.45) is 3.06. The number of aromatic nitrogens is 1. The summed E-state index contributed by atoms with van der Waals surface area (Å²) in [5, 5.41) is 3.99. The van der Waals surface area contributed by atoms with Crippen molar-refractivity contribution < 1.29 is 9.59 Å². The standard InChI is InChI=1S/C21H31N3O2S/c1-5-23(6-2)21(26)14-24-11-9-17-13-18(7-8-19(17)24)22-20(25)15-27-12-10-16(3)4/h7-9,11,13,16H,5-6,10,12,14-15H2,1-4H3,(H,22,25). The van der Waals surface area contributed by atoms with Gasteiger partial charge in [0, 0.05) is 35.9 Å². The lowest BCUT2D eigenvalue weighted by Crippen LogP contribution is -2.33. The van der Waals surface area contributed by atoms with Gasteiger partial charge in [-0.3, -0.25) is 9.59 Å². The number of nitrogens with zero attached hydrogens (tertiary/aromatic N) is 2. The van der Waals surface area contributed by atoms with Gasteiger partial charge >= 0.3 is 0 Å². The third-order valence-electron chi connectivity index (χ3n) is 4.55. The molecule has 27 heavy (non-hydrogen) atoms. The van der Waals surface area contributed by atoms with Crippen LogP contribution in [-0.4, -0.2) is 45.9 Å². The van der Waals surface area contributed by atoms with E-state index in [0.717, 1.165) is 41.9 Å². The SMILES string of the molecule is CCN(CC)C(=O)Cn1ccc2cc(NC(=O)CSCCC(C)C)ccc21. The van der Waals surface area contributed by atoms with Crippen LogP contribution in [-0.2, 0) is 16.1 Å². The molecule has 1 aromatic carbocycles. The highest BCUT2D eigenvalue weighted by atomic mass is 32.2. The first-order chi connectivity index (χ1) is 12.9. The Bertz CT molecular complexity index is 766. The number of nitrogens with one attached hydrogen (secondary N) is 1. The fraction of sp³-hybridized carbons (Fsp3) is 0.524. The number of carbonyl (C=O) groups excluding carboxylic acids is 2. The van der Waals surface area contributed by atoms with Gasteiger partial charge in [-0.1, -0.05) is 13.8 Å². The van der Waals surface area contributed by atoms with E-state index in [1.807, 2.05) is 53.8 Å². The molecule has 1 heterocycles. The molecule has 5 nitrogen and oxygen atoms in total. The molecular weight excluding hydrogens is 358 g/mol. The van der Waals surface area contributed by atoms with E-state index in [1.54, 1.807) is 11.8 Å². The van der Waals surface area contributed by atoms with Crippen LogP contribution in [0.15, 0.2) is 30.5 Å². The second-order valence-electron chi connectivity index (χ2n) is 7.07. The van der Waals surface area contributed by atoms with Crippen molar-refractivity contribution in [3.63, 3.8) is 0 Å². The van der Waals surface area contributed by atoms with Crippen LogP contribution in [0.2, 0.25) is 0 Å². The van der Waals surface area contributed by atoms with Crippen LogP contribution >= 0.6 is 11.8 Å². The maximum atomic E-state index is 12.3. The molecule has 0 aliphatic carbocycles. The molecule has 0 saturated carbocycles. The largest absolute Gasteiger partial charge is 0.342 e. The highest BCUT2D eigenvalue weighted by Gasteiger charge is 2.12. The number of benzene rings is 1. The first-order valence-corrected chi connectivity index (χ1v) is 10.8. The average molecular weight is 390 g/mol. The molecule has 2 amide bonds. The van der Waals surface area contributed by atoms with Crippen LogP contribution in [0.25, 0.3) is 10.9 Å². The zero-order chi connectivity index (χ0) is 19.8. The smallest absolute Gasteiger partial charge is 0.242 e. The van der Waals surface area contributed by atoms with E-state index >= 15 is 0 Å². The Hall–Kier alpha value is -1.95. The van der Waals surface area contributed by atoms with Gasteiger partial charge in [-0.2, -0.15) is 11.8 Å². The Balaban J connectivity index is 1.96. The molecule has 0 bridgehead atoms. The van der Waals surface area contributed by atoms with E-state index in [-0.39, 0.29) is 11.8 Å². The third-order valence-corrected chi connectivity index (χ3v) is 5.54. The number of anilines is 1. The Morgan fingerprint density at radius 2 is 1.93 bits per heavy atom. The summed E-state index contributed by atoms with van der Waals surface area (Å²) in [4.78, 5) is 26.3. The van der Waals surface area contributed by atoms with Crippen molar-refractivity contribution in [2.45, 2.75) is 40.7 Å². The fourth-order valence-corrected chi connectivity index (χ4v) is 3.96. The number of likely N-dealkylation sites (N-methyl/N-ethyl adjacent to an activating group) is 1. The van der Waals surface area contributed by atoms with Crippen LogP contribution in [0.4, 0.5) is 5.69 Å². The lowest BCUT2D eigenvalue weighted by molar-refractivity contribution is -0.131. The molecule has 0 radical (unpaired) electrons. The highest BCUT2D eigenvalue weighted by molar-refractivity contribution is 7.99. The monoisotopic (exact) mass is 389 g/mol. The lowest BCUT2D eigenvalue weighted by Gasteiger charge is -2.19. The quantitative estimate of drug-likeness (QED) is 0.619. The number of carbonyl (C=O) groups is 2. The summed E-state index contributed by atoms with van der Waals surface area (Å²) in [6.45, 7) is 10.1. The molecule has 0 unspecified atom stereocenters. The molecule has 0 saturated heterocycles. The first-order valence-electron chi connectivity index (χ1n) is 9.68. The minimum Gasteiger partial charge on any atom is -0.342 e. The van der Waals surface area contributed by atoms with Crippen LogP contribution < -0.4 is 5.32 Å². The second kappa shape index (κ2) is 10.4. The zero-order valence-corrected chi connectivity index (χ0v) is 17.6. The van der Waals surface area contributed by atoms with Gasteiger partial charge in [0.1, 0.15) is 6.54 Å². The van der Waals surface area contributed by atoms with E-state index in [9.17, 15) is 9.59 Å². The van der Waals surface area contributed by atoms with Crippen molar-refractivity contribution in [3.05, 3.63) is 30.5 Å². The molecule has 1 N–H and O–H groups in total. The Labute approximate surface area is 166 Å². The molecule has 2 rings (SSSR count). The predicted molar refractivity (Wildman–Crippen MR) is 115 cm³/mol. The molecule has 0 atom stereocenters. The number of rotatable bonds is 10. The molecule has 0 aliphatic heterocycles. The van der Waals surface area contributed by atoms with Crippen LogP contribution in [0.5, 0.6) is 0 Å². The molecular formula is C21H31N3O2S. The van der Waals surface area contributed by atoms with Crippen LogP contribution in [0.1, 0.15) is 34.1 Å². The Morgan fingerprint density at radius 3 is 2.59 bits per heavy atom. The minimum absolute atomic E-state index is 0.0271. The zero-order valence-electron chi connectivity index (χ0n) is 16.8. The molecule has 2 aromatic rings. The topological polar surface area (TPSA) is 54.3 Å². The first kappa shape index (κ1) is 21.4. The van der Waals surface area contributed by atoms with Crippen molar-refractivity contribution in [2.24, 2.45) is 5.92 Å². The van der Waals surface area contributed by atoms with Gasteiger partial charge < -0.3 is 14.8 Å². The van der Waals surface area contributed by atoms with Crippen molar-refractivity contribution in [1.29, 1.82) is 0 Å². The summed E-state index contributed by atoms with van der Waals surface area (Å²) >= 11 is 1.67. The second-order valence-corrected chi connectivity index (χ2v) is 8.17. The van der Waals surface area contributed by atoms with Gasteiger partial charge in [0.25, 0.3) is 0 Å². The minimum atomic E-state index is 0.0271. The van der Waals surface area contributed by atoms with E-state index in [4.69, 9.17) is 0 Å². The van der Waals surface area contributed by atoms with Gasteiger partial charge in [0.05, 0.1) is 5.75 Å². The number of amides is 2. The van der Waals surface area contributed by atoms with Crippen molar-refractivity contribution in [2.75, 3.05) is 29.9 Å². The summed E-state index contributed by atoms with van der Waals surface area (Å²) in [7, 11) is 0. The van der Waals surface area contributed by atoms with E-state index in [2.05, 4.69) is 19.2 Å². The van der Waals surface area contributed by atoms with E-state index in [0.29, 0.717) is 18.2 Å². The van der Waals surface area contributed by atoms with Gasteiger partial charge in [0.15, 0.2) is 0 Å². The number of hydrogen-bond donors (Lipinski definition) is 1.